The molecule has 5 rings (SSSR count). The van der Waals surface area contributed by atoms with Gasteiger partial charge in [-0.25, -0.2) is 13.1 Å². The van der Waals surface area contributed by atoms with Crippen LogP contribution in [-0.2, 0) is 14.8 Å². The molecule has 0 bridgehead atoms. The van der Waals surface area contributed by atoms with Crippen molar-refractivity contribution in [3.8, 4) is 0 Å². The monoisotopic (exact) mass is 520 g/mol. The molecule has 5 aliphatic rings. The van der Waals surface area contributed by atoms with E-state index >= 15 is 0 Å². The highest BCUT2D eigenvalue weighted by Crippen LogP contribution is 2.67. The minimum Gasteiger partial charge on any atom is -0.393 e. The van der Waals surface area contributed by atoms with Gasteiger partial charge in [-0.1, -0.05) is 32.4 Å². The average Bonchev–Trinajstić information content (AvgIpc) is 3.40. The zero-order chi connectivity index (χ0) is 25.9. The molecule has 3 saturated carbocycles. The molecule has 1 amide bonds. The van der Waals surface area contributed by atoms with Crippen molar-refractivity contribution in [1.82, 2.24) is 9.62 Å². The van der Waals surface area contributed by atoms with E-state index in [2.05, 4.69) is 31.6 Å². The summed E-state index contributed by atoms with van der Waals surface area (Å²) in [6.45, 7) is 8.59. The zero-order valence-corrected chi connectivity index (χ0v) is 23.7. The fraction of sp³-hybridized carbons (Fsp3) is 0.897. The Morgan fingerprint density at radius 3 is 2.69 bits per heavy atom. The van der Waals surface area contributed by atoms with E-state index in [1.54, 1.807) is 5.57 Å². The molecule has 1 heterocycles. The first-order valence-electron chi connectivity index (χ1n) is 14.5. The summed E-state index contributed by atoms with van der Waals surface area (Å²) < 4.78 is 25.7. The number of nitrogens with zero attached hydrogens (tertiary/aromatic N) is 1. The van der Waals surface area contributed by atoms with Gasteiger partial charge in [0.15, 0.2) is 0 Å². The third-order valence-corrected chi connectivity index (χ3v) is 12.3. The second-order valence-corrected chi connectivity index (χ2v) is 15.4. The maximum absolute atomic E-state index is 12.9. The van der Waals surface area contributed by atoms with Gasteiger partial charge in [0.25, 0.3) is 0 Å². The SMILES string of the molecule is CC(CCC(=O)N1CCC(NS(C)(=O)=O)C1)[C@H]1CC[C@H]2[C@@H]3CC=C4C[C@@H](O)CC[C@]4(C)[C@H]3CC[C@]12C. The second kappa shape index (κ2) is 9.68. The summed E-state index contributed by atoms with van der Waals surface area (Å²) in [5.41, 5.74) is 2.21. The zero-order valence-electron chi connectivity index (χ0n) is 22.8. The van der Waals surface area contributed by atoms with Crippen LogP contribution >= 0.6 is 0 Å². The van der Waals surface area contributed by atoms with Crippen LogP contribution in [0.2, 0.25) is 0 Å². The third-order valence-electron chi connectivity index (χ3n) is 11.6. The Balaban J connectivity index is 1.19. The molecule has 6 nitrogen and oxygen atoms in total. The van der Waals surface area contributed by atoms with Crippen molar-refractivity contribution < 1.29 is 18.3 Å². The smallest absolute Gasteiger partial charge is 0.222 e. The van der Waals surface area contributed by atoms with Crippen LogP contribution < -0.4 is 4.72 Å². The summed E-state index contributed by atoms with van der Waals surface area (Å²) in [6, 6.07) is -0.148. The van der Waals surface area contributed by atoms with Gasteiger partial charge >= 0.3 is 0 Å². The van der Waals surface area contributed by atoms with Crippen LogP contribution in [0.4, 0.5) is 0 Å². The van der Waals surface area contributed by atoms with Crippen molar-refractivity contribution in [3.63, 3.8) is 0 Å². The predicted octanol–water partition coefficient (Wildman–Crippen LogP) is 4.49. The van der Waals surface area contributed by atoms with E-state index in [4.69, 9.17) is 0 Å². The van der Waals surface area contributed by atoms with E-state index in [1.165, 1.54) is 38.4 Å². The Kier molecular flexibility index (Phi) is 7.17. The number of likely N-dealkylation sites (tertiary alicyclic amines) is 1. The van der Waals surface area contributed by atoms with Crippen LogP contribution in [0.25, 0.3) is 0 Å². The Morgan fingerprint density at radius 2 is 1.94 bits per heavy atom. The van der Waals surface area contributed by atoms with E-state index in [0.717, 1.165) is 43.4 Å². The van der Waals surface area contributed by atoms with Gasteiger partial charge in [-0.15, -0.1) is 0 Å². The van der Waals surface area contributed by atoms with Gasteiger partial charge in [-0.05, 0) is 105 Å². The molecule has 204 valence electrons. The lowest BCUT2D eigenvalue weighted by Gasteiger charge is -2.58. The Labute approximate surface area is 218 Å². The summed E-state index contributed by atoms with van der Waals surface area (Å²) in [6.07, 6.45) is 15.2. The molecule has 4 aliphatic carbocycles. The van der Waals surface area contributed by atoms with E-state index in [9.17, 15) is 18.3 Å². The minimum atomic E-state index is -3.24. The van der Waals surface area contributed by atoms with E-state index in [-0.39, 0.29) is 18.1 Å². The molecular weight excluding hydrogens is 472 g/mol. The topological polar surface area (TPSA) is 86.7 Å². The summed E-state index contributed by atoms with van der Waals surface area (Å²) in [5, 5.41) is 10.3. The van der Waals surface area contributed by atoms with Crippen LogP contribution in [0, 0.1) is 40.4 Å². The summed E-state index contributed by atoms with van der Waals surface area (Å²) in [5.74, 6) is 3.71. The molecule has 9 atom stereocenters. The van der Waals surface area contributed by atoms with Gasteiger partial charge in [-0.3, -0.25) is 4.79 Å². The van der Waals surface area contributed by atoms with Crippen molar-refractivity contribution in [3.05, 3.63) is 11.6 Å². The highest BCUT2D eigenvalue weighted by Gasteiger charge is 2.59. The lowest BCUT2D eigenvalue weighted by Crippen LogP contribution is -2.50. The number of sulfonamides is 1. The van der Waals surface area contributed by atoms with Gasteiger partial charge in [0, 0.05) is 25.6 Å². The average molecular weight is 521 g/mol. The molecule has 2 unspecified atom stereocenters. The Bertz CT molecular complexity index is 995. The first kappa shape index (κ1) is 26.7. The predicted molar refractivity (Wildman–Crippen MR) is 143 cm³/mol. The summed E-state index contributed by atoms with van der Waals surface area (Å²) >= 11 is 0. The van der Waals surface area contributed by atoms with Crippen molar-refractivity contribution in [2.24, 2.45) is 40.4 Å². The Morgan fingerprint density at radius 1 is 1.17 bits per heavy atom. The maximum Gasteiger partial charge on any atom is 0.222 e. The van der Waals surface area contributed by atoms with Crippen LogP contribution in [0.15, 0.2) is 11.6 Å². The van der Waals surface area contributed by atoms with Crippen molar-refractivity contribution in [2.75, 3.05) is 19.3 Å². The number of rotatable bonds is 6. The van der Waals surface area contributed by atoms with Crippen LogP contribution in [-0.4, -0.2) is 55.8 Å². The highest BCUT2D eigenvalue weighted by molar-refractivity contribution is 7.88. The third kappa shape index (κ3) is 4.82. The maximum atomic E-state index is 12.9. The molecule has 0 aromatic heterocycles. The molecule has 0 radical (unpaired) electrons. The second-order valence-electron chi connectivity index (χ2n) is 13.6. The lowest BCUT2D eigenvalue weighted by molar-refractivity contribution is -0.130. The number of amides is 1. The molecule has 36 heavy (non-hydrogen) atoms. The normalized spacial score (nSPS) is 43.4. The number of carbonyl (C=O) groups is 1. The summed E-state index contributed by atoms with van der Waals surface area (Å²) in [4.78, 5) is 14.8. The molecule has 2 N–H and O–H groups in total. The molecule has 0 spiro atoms. The van der Waals surface area contributed by atoms with E-state index in [1.807, 2.05) is 4.90 Å². The number of allylic oxidation sites excluding steroid dienone is 1. The van der Waals surface area contributed by atoms with Gasteiger partial charge in [-0.2, -0.15) is 0 Å². The van der Waals surface area contributed by atoms with Crippen molar-refractivity contribution in [1.29, 1.82) is 0 Å². The number of hydrogen-bond donors (Lipinski definition) is 2. The molecule has 7 heteroatoms. The largest absolute Gasteiger partial charge is 0.393 e. The fourth-order valence-electron chi connectivity index (χ4n) is 9.71. The minimum absolute atomic E-state index is 0.142. The van der Waals surface area contributed by atoms with Gasteiger partial charge in [0.2, 0.25) is 15.9 Å². The fourth-order valence-corrected chi connectivity index (χ4v) is 10.5. The van der Waals surface area contributed by atoms with Gasteiger partial charge in [0.1, 0.15) is 0 Å². The van der Waals surface area contributed by atoms with Crippen LogP contribution in [0.3, 0.4) is 0 Å². The standard InChI is InChI=1S/C29H48N2O4S/c1-19(5-10-27(33)31-16-13-21(18-31)30-36(4,34)35)24-8-9-25-23-7-6-20-17-22(32)11-14-28(20,2)26(23)12-15-29(24,25)3/h6,19,21-26,30,32H,5,7-18H2,1-4H3/t19?,21?,22-,23-,24+,25-,26-,28-,29+/m0/s1. The first-order chi connectivity index (χ1) is 16.9. The number of nitrogens with one attached hydrogen (secondary N) is 1. The quantitative estimate of drug-likeness (QED) is 0.505. The number of aliphatic hydroxyl groups is 1. The van der Waals surface area contributed by atoms with Crippen molar-refractivity contribution in [2.45, 2.75) is 104 Å². The Hall–Kier alpha value is -0.920. The molecule has 1 aliphatic heterocycles. The first-order valence-corrected chi connectivity index (χ1v) is 16.4. The van der Waals surface area contributed by atoms with E-state index < -0.39 is 10.0 Å². The molecule has 1 saturated heterocycles. The molecule has 0 aromatic rings. The lowest BCUT2D eigenvalue weighted by atomic mass is 9.47. The molecular formula is C29H48N2O4S. The number of aliphatic hydroxyl groups excluding tert-OH is 1. The van der Waals surface area contributed by atoms with Gasteiger partial charge < -0.3 is 10.0 Å². The summed E-state index contributed by atoms with van der Waals surface area (Å²) in [7, 11) is -3.24. The number of fused-ring (bicyclic) bond motifs is 5. The van der Waals surface area contributed by atoms with Crippen molar-refractivity contribution >= 4 is 15.9 Å². The highest BCUT2D eigenvalue weighted by atomic mass is 32.2. The number of carbonyl (C=O) groups excluding carboxylic acids is 1. The van der Waals surface area contributed by atoms with Gasteiger partial charge in [0.05, 0.1) is 12.4 Å². The van der Waals surface area contributed by atoms with E-state index in [0.29, 0.717) is 48.6 Å². The number of hydrogen-bond acceptors (Lipinski definition) is 4. The van der Waals surface area contributed by atoms with Crippen LogP contribution in [0.5, 0.6) is 0 Å². The molecule has 0 aromatic carbocycles. The van der Waals surface area contributed by atoms with Crippen LogP contribution in [0.1, 0.15) is 91.4 Å². The molecule has 4 fully saturated rings.